The zero-order valence-corrected chi connectivity index (χ0v) is 13.0. The molecule has 0 radical (unpaired) electrons. The molecule has 0 aliphatic heterocycles. The van der Waals surface area contributed by atoms with Crippen molar-refractivity contribution in [3.63, 3.8) is 0 Å². The van der Waals surface area contributed by atoms with Gasteiger partial charge in [0.2, 0.25) is 0 Å². The van der Waals surface area contributed by atoms with Gasteiger partial charge in [-0.1, -0.05) is 28.1 Å². The van der Waals surface area contributed by atoms with Crippen LogP contribution >= 0.6 is 15.9 Å². The second-order valence-corrected chi connectivity index (χ2v) is 5.56. The van der Waals surface area contributed by atoms with E-state index in [9.17, 15) is 0 Å². The minimum atomic E-state index is 0.347. The fourth-order valence-electron chi connectivity index (χ4n) is 1.59. The molecule has 1 N–H and O–H groups in total. The second-order valence-electron chi connectivity index (χ2n) is 4.65. The molecule has 0 saturated heterocycles. The highest BCUT2D eigenvalue weighted by molar-refractivity contribution is 9.10. The normalized spacial score (nSPS) is 12.9. The molecule has 0 saturated carbocycles. The summed E-state index contributed by atoms with van der Waals surface area (Å²) >= 11 is 3.49. The summed E-state index contributed by atoms with van der Waals surface area (Å²) in [5.41, 5.74) is 1.29. The van der Waals surface area contributed by atoms with E-state index >= 15 is 0 Å². The minimum absolute atomic E-state index is 0.347. The van der Waals surface area contributed by atoms with Crippen LogP contribution in [-0.2, 0) is 4.74 Å². The van der Waals surface area contributed by atoms with Gasteiger partial charge in [0.05, 0.1) is 13.2 Å². The van der Waals surface area contributed by atoms with Gasteiger partial charge in [0.25, 0.3) is 0 Å². The van der Waals surface area contributed by atoms with Crippen LogP contribution in [0.1, 0.15) is 18.5 Å². The van der Waals surface area contributed by atoms with Crippen LogP contribution < -0.4 is 5.32 Å². The predicted octanol–water partition coefficient (Wildman–Crippen LogP) is 2.68. The van der Waals surface area contributed by atoms with Crippen molar-refractivity contribution in [2.75, 3.05) is 40.4 Å². The van der Waals surface area contributed by atoms with Gasteiger partial charge >= 0.3 is 0 Å². The van der Waals surface area contributed by atoms with Crippen LogP contribution in [0.2, 0.25) is 0 Å². The van der Waals surface area contributed by atoms with Crippen molar-refractivity contribution in [1.82, 2.24) is 10.2 Å². The van der Waals surface area contributed by atoms with Crippen molar-refractivity contribution in [2.24, 2.45) is 0 Å². The van der Waals surface area contributed by atoms with Crippen LogP contribution in [0.15, 0.2) is 28.7 Å². The summed E-state index contributed by atoms with van der Waals surface area (Å²) in [6.45, 7) is 5.57. The zero-order valence-electron chi connectivity index (χ0n) is 11.4. The Hall–Kier alpha value is -0.420. The number of nitrogens with one attached hydrogen (secondary N) is 1. The second kappa shape index (κ2) is 8.64. The number of hydrogen-bond acceptors (Lipinski definition) is 3. The topological polar surface area (TPSA) is 24.5 Å². The molecule has 0 aliphatic rings. The van der Waals surface area contributed by atoms with E-state index < -0.39 is 0 Å². The van der Waals surface area contributed by atoms with Gasteiger partial charge in [-0.05, 0) is 38.7 Å². The molecular formula is C14H23BrN2O. The van der Waals surface area contributed by atoms with Gasteiger partial charge in [-0.15, -0.1) is 0 Å². The summed E-state index contributed by atoms with van der Waals surface area (Å²) in [5, 5.41) is 3.45. The maximum atomic E-state index is 5.54. The monoisotopic (exact) mass is 314 g/mol. The standard InChI is InChI=1S/C14H23BrN2O/c1-12(13-5-4-6-14(15)11-13)16-7-9-18-10-8-17(2)3/h4-6,11-12,16H,7-10H2,1-3H3. The van der Waals surface area contributed by atoms with Gasteiger partial charge in [0.15, 0.2) is 0 Å². The summed E-state index contributed by atoms with van der Waals surface area (Å²) in [6, 6.07) is 8.73. The molecule has 102 valence electrons. The molecule has 0 aliphatic carbocycles. The van der Waals surface area contributed by atoms with Crippen molar-refractivity contribution in [3.8, 4) is 0 Å². The van der Waals surface area contributed by atoms with E-state index in [1.54, 1.807) is 0 Å². The summed E-state index contributed by atoms with van der Waals surface area (Å²) < 4.78 is 6.66. The van der Waals surface area contributed by atoms with E-state index in [1.807, 2.05) is 6.07 Å². The number of rotatable bonds is 8. The fourth-order valence-corrected chi connectivity index (χ4v) is 2.01. The molecule has 3 nitrogen and oxygen atoms in total. The third-order valence-electron chi connectivity index (χ3n) is 2.73. The molecule has 0 fully saturated rings. The number of halogens is 1. The molecule has 1 aromatic carbocycles. The van der Waals surface area contributed by atoms with Crippen molar-refractivity contribution in [3.05, 3.63) is 34.3 Å². The van der Waals surface area contributed by atoms with E-state index in [0.717, 1.165) is 30.8 Å². The van der Waals surface area contributed by atoms with Gasteiger partial charge in [-0.2, -0.15) is 0 Å². The highest BCUT2D eigenvalue weighted by Gasteiger charge is 2.04. The number of hydrogen-bond donors (Lipinski definition) is 1. The van der Waals surface area contributed by atoms with E-state index in [1.165, 1.54) is 5.56 Å². The molecule has 18 heavy (non-hydrogen) atoms. The minimum Gasteiger partial charge on any atom is -0.379 e. The summed E-state index contributed by atoms with van der Waals surface area (Å²) in [6.07, 6.45) is 0. The predicted molar refractivity (Wildman–Crippen MR) is 79.9 cm³/mol. The van der Waals surface area contributed by atoms with Crippen LogP contribution in [-0.4, -0.2) is 45.3 Å². The third-order valence-corrected chi connectivity index (χ3v) is 3.22. The zero-order chi connectivity index (χ0) is 13.4. The molecule has 1 atom stereocenters. The lowest BCUT2D eigenvalue weighted by atomic mass is 10.1. The Labute approximate surface area is 119 Å². The Morgan fingerprint density at radius 1 is 1.33 bits per heavy atom. The van der Waals surface area contributed by atoms with Gasteiger partial charge in [0, 0.05) is 23.6 Å². The van der Waals surface area contributed by atoms with Crippen LogP contribution in [0.3, 0.4) is 0 Å². The van der Waals surface area contributed by atoms with E-state index in [4.69, 9.17) is 4.74 Å². The Morgan fingerprint density at radius 3 is 2.78 bits per heavy atom. The first-order valence-corrected chi connectivity index (χ1v) is 7.10. The van der Waals surface area contributed by atoms with Crippen LogP contribution in [0.4, 0.5) is 0 Å². The number of likely N-dealkylation sites (N-methyl/N-ethyl adjacent to an activating group) is 1. The lowest BCUT2D eigenvalue weighted by molar-refractivity contribution is 0.118. The number of ether oxygens (including phenoxy) is 1. The molecule has 0 bridgehead atoms. The first-order chi connectivity index (χ1) is 8.59. The Morgan fingerprint density at radius 2 is 2.11 bits per heavy atom. The van der Waals surface area contributed by atoms with Crippen molar-refractivity contribution in [2.45, 2.75) is 13.0 Å². The maximum absolute atomic E-state index is 5.54. The molecule has 1 rings (SSSR count). The van der Waals surface area contributed by atoms with Gasteiger partial charge < -0.3 is 15.0 Å². The lowest BCUT2D eigenvalue weighted by Gasteiger charge is -2.15. The maximum Gasteiger partial charge on any atom is 0.0593 e. The molecule has 1 aromatic rings. The number of benzene rings is 1. The molecule has 0 spiro atoms. The molecular weight excluding hydrogens is 292 g/mol. The Balaban J connectivity index is 2.15. The van der Waals surface area contributed by atoms with E-state index in [2.05, 4.69) is 65.4 Å². The third kappa shape index (κ3) is 6.50. The molecule has 0 heterocycles. The summed E-state index contributed by atoms with van der Waals surface area (Å²) in [7, 11) is 4.11. The van der Waals surface area contributed by atoms with Crippen LogP contribution in [0, 0.1) is 0 Å². The molecule has 1 unspecified atom stereocenters. The Bertz CT molecular complexity index is 344. The van der Waals surface area contributed by atoms with Gasteiger partial charge in [-0.25, -0.2) is 0 Å². The molecule has 4 heteroatoms. The van der Waals surface area contributed by atoms with E-state index in [-0.39, 0.29) is 0 Å². The summed E-state index contributed by atoms with van der Waals surface area (Å²) in [5.74, 6) is 0. The van der Waals surface area contributed by atoms with Crippen molar-refractivity contribution < 1.29 is 4.74 Å². The molecule has 0 aromatic heterocycles. The average Bonchev–Trinajstić information content (AvgIpc) is 2.33. The van der Waals surface area contributed by atoms with Gasteiger partial charge in [-0.3, -0.25) is 0 Å². The highest BCUT2D eigenvalue weighted by Crippen LogP contribution is 2.17. The van der Waals surface area contributed by atoms with Crippen LogP contribution in [0.5, 0.6) is 0 Å². The van der Waals surface area contributed by atoms with Gasteiger partial charge in [0.1, 0.15) is 0 Å². The lowest BCUT2D eigenvalue weighted by Crippen LogP contribution is -2.25. The smallest absolute Gasteiger partial charge is 0.0593 e. The average molecular weight is 315 g/mol. The van der Waals surface area contributed by atoms with E-state index in [0.29, 0.717) is 6.04 Å². The Kier molecular flexibility index (Phi) is 7.51. The van der Waals surface area contributed by atoms with Crippen LogP contribution in [0.25, 0.3) is 0 Å². The SMILES string of the molecule is CC(NCCOCCN(C)C)c1cccc(Br)c1. The molecule has 0 amide bonds. The highest BCUT2D eigenvalue weighted by atomic mass is 79.9. The first-order valence-electron chi connectivity index (χ1n) is 6.31. The summed E-state index contributed by atoms with van der Waals surface area (Å²) in [4.78, 5) is 2.12. The van der Waals surface area contributed by atoms with Crippen molar-refractivity contribution in [1.29, 1.82) is 0 Å². The first kappa shape index (κ1) is 15.6. The number of nitrogens with zero attached hydrogens (tertiary/aromatic N) is 1. The largest absolute Gasteiger partial charge is 0.379 e. The van der Waals surface area contributed by atoms with Crippen molar-refractivity contribution >= 4 is 15.9 Å². The fraction of sp³-hybridized carbons (Fsp3) is 0.571. The quantitative estimate of drug-likeness (QED) is 0.747.